The summed E-state index contributed by atoms with van der Waals surface area (Å²) >= 11 is 0. The van der Waals surface area contributed by atoms with Gasteiger partial charge in [-0.1, -0.05) is 0 Å². The van der Waals surface area contributed by atoms with Gasteiger partial charge in [0.15, 0.2) is 0 Å². The molecule has 1 N–H and O–H groups in total. The Morgan fingerprint density at radius 3 is 2.94 bits per heavy atom. The first-order valence-electron chi connectivity index (χ1n) is 6.44. The van der Waals surface area contributed by atoms with Crippen LogP contribution in [0.25, 0.3) is 0 Å². The van der Waals surface area contributed by atoms with Crippen LogP contribution in [0, 0.1) is 6.92 Å². The Hall–Kier alpha value is -0.980. The summed E-state index contributed by atoms with van der Waals surface area (Å²) < 4.78 is 10.8. The highest BCUT2D eigenvalue weighted by atomic mass is 16.5. The summed E-state index contributed by atoms with van der Waals surface area (Å²) in [5.74, 6) is 1.32. The maximum atomic E-state index is 9.12. The third-order valence-corrected chi connectivity index (χ3v) is 3.24. The van der Waals surface area contributed by atoms with E-state index in [1.54, 1.807) is 6.92 Å². The van der Waals surface area contributed by atoms with Gasteiger partial charge < -0.3 is 14.3 Å². The van der Waals surface area contributed by atoms with Crippen LogP contribution in [0.2, 0.25) is 0 Å². The standard InChI is InChI=1S/C12H21N3O3/c1-9-8-17-11(7-16)6-15(9)5-3-4-12-14-13-10(2)18-12/h9,11,16H,3-8H2,1-2H3. The van der Waals surface area contributed by atoms with E-state index in [1.165, 1.54) is 0 Å². The minimum Gasteiger partial charge on any atom is -0.426 e. The van der Waals surface area contributed by atoms with Gasteiger partial charge in [0.2, 0.25) is 11.8 Å². The number of aliphatic hydroxyl groups excluding tert-OH is 1. The predicted octanol–water partition coefficient (Wildman–Crippen LogP) is 0.392. The number of rotatable bonds is 5. The molecule has 1 fully saturated rings. The minimum atomic E-state index is -0.0492. The van der Waals surface area contributed by atoms with Crippen LogP contribution in [0.5, 0.6) is 0 Å². The lowest BCUT2D eigenvalue weighted by atomic mass is 10.1. The summed E-state index contributed by atoms with van der Waals surface area (Å²) in [7, 11) is 0. The van der Waals surface area contributed by atoms with Crippen molar-refractivity contribution in [3.05, 3.63) is 11.8 Å². The molecular formula is C12H21N3O3. The normalized spacial score (nSPS) is 25.5. The molecule has 1 saturated heterocycles. The molecule has 0 aliphatic carbocycles. The van der Waals surface area contributed by atoms with Crippen LogP contribution in [-0.4, -0.2) is 58.7 Å². The molecule has 0 aromatic carbocycles. The molecule has 18 heavy (non-hydrogen) atoms. The maximum Gasteiger partial charge on any atom is 0.216 e. The minimum absolute atomic E-state index is 0.0492. The van der Waals surface area contributed by atoms with Gasteiger partial charge in [0.05, 0.1) is 19.3 Å². The van der Waals surface area contributed by atoms with Crippen molar-refractivity contribution in [2.45, 2.75) is 38.8 Å². The molecule has 6 heteroatoms. The van der Waals surface area contributed by atoms with Crippen molar-refractivity contribution in [2.75, 3.05) is 26.3 Å². The summed E-state index contributed by atoms with van der Waals surface area (Å²) in [4.78, 5) is 2.34. The lowest BCUT2D eigenvalue weighted by Gasteiger charge is -2.37. The number of morpholine rings is 1. The van der Waals surface area contributed by atoms with E-state index in [2.05, 4.69) is 22.0 Å². The molecule has 1 aliphatic rings. The maximum absolute atomic E-state index is 9.12. The van der Waals surface area contributed by atoms with Crippen LogP contribution >= 0.6 is 0 Å². The fraction of sp³-hybridized carbons (Fsp3) is 0.833. The van der Waals surface area contributed by atoms with E-state index in [1.807, 2.05) is 0 Å². The summed E-state index contributed by atoms with van der Waals surface area (Å²) in [5.41, 5.74) is 0. The highest BCUT2D eigenvalue weighted by molar-refractivity contribution is 4.81. The van der Waals surface area contributed by atoms with Crippen molar-refractivity contribution in [1.29, 1.82) is 0 Å². The number of hydrogen-bond acceptors (Lipinski definition) is 6. The molecule has 0 bridgehead atoms. The quantitative estimate of drug-likeness (QED) is 0.820. The monoisotopic (exact) mass is 255 g/mol. The fourth-order valence-corrected chi connectivity index (χ4v) is 2.17. The van der Waals surface area contributed by atoms with Crippen LogP contribution in [0.4, 0.5) is 0 Å². The summed E-state index contributed by atoms with van der Waals surface area (Å²) in [6, 6.07) is 0.400. The first-order chi connectivity index (χ1) is 8.69. The lowest BCUT2D eigenvalue weighted by Crippen LogP contribution is -2.49. The molecule has 2 rings (SSSR count). The topological polar surface area (TPSA) is 71.6 Å². The SMILES string of the molecule is Cc1nnc(CCCN2CC(CO)OCC2C)o1. The number of aromatic nitrogens is 2. The molecule has 0 radical (unpaired) electrons. The molecular weight excluding hydrogens is 234 g/mol. The summed E-state index contributed by atoms with van der Waals surface area (Å²) in [6.45, 7) is 6.47. The van der Waals surface area contributed by atoms with Gasteiger partial charge in [-0.3, -0.25) is 4.90 Å². The average Bonchev–Trinajstić information content (AvgIpc) is 2.77. The van der Waals surface area contributed by atoms with Crippen molar-refractivity contribution >= 4 is 0 Å². The fourth-order valence-electron chi connectivity index (χ4n) is 2.17. The van der Waals surface area contributed by atoms with Gasteiger partial charge in [-0.05, 0) is 19.9 Å². The molecule has 0 amide bonds. The van der Waals surface area contributed by atoms with Crippen LogP contribution < -0.4 is 0 Å². The third kappa shape index (κ3) is 3.51. The number of hydrogen-bond donors (Lipinski definition) is 1. The highest BCUT2D eigenvalue weighted by Crippen LogP contribution is 2.12. The van der Waals surface area contributed by atoms with E-state index in [4.69, 9.17) is 14.3 Å². The van der Waals surface area contributed by atoms with Gasteiger partial charge in [0.25, 0.3) is 0 Å². The van der Waals surface area contributed by atoms with Crippen molar-refractivity contribution in [1.82, 2.24) is 15.1 Å². The zero-order chi connectivity index (χ0) is 13.0. The van der Waals surface area contributed by atoms with Crippen molar-refractivity contribution in [2.24, 2.45) is 0 Å². The third-order valence-electron chi connectivity index (χ3n) is 3.24. The Morgan fingerprint density at radius 2 is 2.28 bits per heavy atom. The second-order valence-corrected chi connectivity index (χ2v) is 4.80. The Kier molecular flexibility index (Phi) is 4.68. The highest BCUT2D eigenvalue weighted by Gasteiger charge is 2.25. The van der Waals surface area contributed by atoms with Crippen LogP contribution in [0.3, 0.4) is 0 Å². The van der Waals surface area contributed by atoms with Gasteiger partial charge in [-0.25, -0.2) is 0 Å². The Morgan fingerprint density at radius 1 is 1.44 bits per heavy atom. The Labute approximate surface area is 107 Å². The first-order valence-corrected chi connectivity index (χ1v) is 6.44. The predicted molar refractivity (Wildman–Crippen MR) is 65.2 cm³/mol. The zero-order valence-electron chi connectivity index (χ0n) is 11.0. The number of aliphatic hydroxyl groups is 1. The molecule has 1 aromatic heterocycles. The van der Waals surface area contributed by atoms with Crippen LogP contribution in [0.1, 0.15) is 25.1 Å². The molecule has 2 atom stereocenters. The smallest absolute Gasteiger partial charge is 0.216 e. The lowest BCUT2D eigenvalue weighted by molar-refractivity contribution is -0.0778. The molecule has 0 spiro atoms. The second kappa shape index (κ2) is 6.26. The number of ether oxygens (including phenoxy) is 1. The van der Waals surface area contributed by atoms with Crippen LogP contribution in [0.15, 0.2) is 4.42 Å². The molecule has 2 heterocycles. The van der Waals surface area contributed by atoms with Crippen LogP contribution in [-0.2, 0) is 11.2 Å². The number of aryl methyl sites for hydroxylation is 2. The molecule has 0 saturated carbocycles. The Bertz CT molecular complexity index is 369. The molecule has 1 aromatic rings. The van der Waals surface area contributed by atoms with Crippen molar-refractivity contribution in [3.8, 4) is 0 Å². The largest absolute Gasteiger partial charge is 0.426 e. The second-order valence-electron chi connectivity index (χ2n) is 4.80. The molecule has 6 nitrogen and oxygen atoms in total. The summed E-state index contributed by atoms with van der Waals surface area (Å²) in [6.07, 6.45) is 1.73. The van der Waals surface area contributed by atoms with Crippen molar-refractivity contribution in [3.63, 3.8) is 0 Å². The number of nitrogens with zero attached hydrogens (tertiary/aromatic N) is 3. The van der Waals surface area contributed by atoms with E-state index >= 15 is 0 Å². The van der Waals surface area contributed by atoms with E-state index in [-0.39, 0.29) is 12.7 Å². The van der Waals surface area contributed by atoms with Gasteiger partial charge in [-0.15, -0.1) is 10.2 Å². The average molecular weight is 255 g/mol. The Balaban J connectivity index is 1.74. The van der Waals surface area contributed by atoms with E-state index in [0.717, 1.165) is 25.9 Å². The zero-order valence-corrected chi connectivity index (χ0v) is 11.0. The van der Waals surface area contributed by atoms with Gasteiger partial charge in [0.1, 0.15) is 0 Å². The van der Waals surface area contributed by atoms with Gasteiger partial charge in [0, 0.05) is 25.9 Å². The van der Waals surface area contributed by atoms with E-state index in [9.17, 15) is 0 Å². The first kappa shape index (κ1) is 13.5. The van der Waals surface area contributed by atoms with Gasteiger partial charge in [-0.2, -0.15) is 0 Å². The van der Waals surface area contributed by atoms with E-state index < -0.39 is 0 Å². The van der Waals surface area contributed by atoms with E-state index in [0.29, 0.717) is 24.4 Å². The molecule has 102 valence electrons. The molecule has 2 unspecified atom stereocenters. The van der Waals surface area contributed by atoms with Crippen molar-refractivity contribution < 1.29 is 14.3 Å². The summed E-state index contributed by atoms with van der Waals surface area (Å²) in [5, 5.41) is 16.9. The molecule has 1 aliphatic heterocycles. The van der Waals surface area contributed by atoms with Gasteiger partial charge >= 0.3 is 0 Å².